The molecule has 19 heavy (non-hydrogen) atoms. The zero-order valence-corrected chi connectivity index (χ0v) is 10.7. The van der Waals surface area contributed by atoms with Crippen LogP contribution in [0.2, 0.25) is 0 Å². The van der Waals surface area contributed by atoms with Crippen LogP contribution in [-0.4, -0.2) is 28.2 Å². The van der Waals surface area contributed by atoms with Gasteiger partial charge in [0, 0.05) is 24.5 Å². The van der Waals surface area contributed by atoms with E-state index >= 15 is 0 Å². The summed E-state index contributed by atoms with van der Waals surface area (Å²) in [6.45, 7) is 0.791. The highest BCUT2D eigenvalue weighted by Crippen LogP contribution is 2.40. The molecule has 1 aliphatic heterocycles. The predicted molar refractivity (Wildman–Crippen MR) is 68.4 cm³/mol. The summed E-state index contributed by atoms with van der Waals surface area (Å²) in [6.07, 6.45) is 6.47. The van der Waals surface area contributed by atoms with Crippen LogP contribution >= 0.6 is 0 Å². The highest BCUT2D eigenvalue weighted by molar-refractivity contribution is 5.70. The van der Waals surface area contributed by atoms with Crippen LogP contribution in [0.4, 0.5) is 0 Å². The van der Waals surface area contributed by atoms with Gasteiger partial charge in [-0.1, -0.05) is 6.07 Å². The third-order valence-corrected chi connectivity index (χ3v) is 4.21. The smallest absolute Gasteiger partial charge is 0.306 e. The van der Waals surface area contributed by atoms with Crippen LogP contribution < -0.4 is 5.32 Å². The number of nitrogens with one attached hydrogen (secondary N) is 1. The largest absolute Gasteiger partial charge is 0.481 e. The minimum Gasteiger partial charge on any atom is -0.481 e. The van der Waals surface area contributed by atoms with Gasteiger partial charge in [0.1, 0.15) is 6.23 Å². The highest BCUT2D eigenvalue weighted by Gasteiger charge is 2.44. The minimum atomic E-state index is -0.676. The fourth-order valence-electron chi connectivity index (χ4n) is 3.01. The topological polar surface area (TPSA) is 71.5 Å². The summed E-state index contributed by atoms with van der Waals surface area (Å²) in [4.78, 5) is 15.1. The maximum Gasteiger partial charge on any atom is 0.306 e. The van der Waals surface area contributed by atoms with Crippen molar-refractivity contribution in [2.45, 2.75) is 37.5 Å². The van der Waals surface area contributed by atoms with E-state index in [1.807, 2.05) is 12.1 Å². The van der Waals surface area contributed by atoms with E-state index in [9.17, 15) is 4.79 Å². The maximum absolute atomic E-state index is 11.0. The van der Waals surface area contributed by atoms with Crippen molar-refractivity contribution in [3.8, 4) is 0 Å². The van der Waals surface area contributed by atoms with E-state index in [0.29, 0.717) is 12.8 Å². The second-order valence-electron chi connectivity index (χ2n) is 5.46. The molecular weight excluding hydrogens is 244 g/mol. The summed E-state index contributed by atoms with van der Waals surface area (Å²) < 4.78 is 6.16. The second kappa shape index (κ2) is 4.90. The van der Waals surface area contributed by atoms with Gasteiger partial charge in [-0.05, 0) is 31.7 Å². The third-order valence-electron chi connectivity index (χ3n) is 4.21. The Morgan fingerprint density at radius 2 is 2.26 bits per heavy atom. The van der Waals surface area contributed by atoms with Crippen LogP contribution in [0.5, 0.6) is 0 Å². The Morgan fingerprint density at radius 1 is 1.47 bits per heavy atom. The maximum atomic E-state index is 11.0. The number of carboxylic acid groups (broad SMARTS) is 1. The molecule has 0 aromatic carbocycles. The SMILES string of the molecule is O=C(O)C1CCC2(CC1)CNC(c1cccnc1)O2. The molecule has 1 saturated heterocycles. The Bertz CT molecular complexity index is 455. The molecule has 1 unspecified atom stereocenters. The van der Waals surface area contributed by atoms with Gasteiger partial charge in [0.15, 0.2) is 0 Å². The van der Waals surface area contributed by atoms with E-state index in [0.717, 1.165) is 24.9 Å². The molecule has 102 valence electrons. The fraction of sp³-hybridized carbons (Fsp3) is 0.571. The molecule has 3 rings (SSSR count). The highest BCUT2D eigenvalue weighted by atomic mass is 16.5. The molecule has 1 aromatic rings. The van der Waals surface area contributed by atoms with Crippen molar-refractivity contribution in [2.75, 3.05) is 6.54 Å². The average molecular weight is 262 g/mol. The Morgan fingerprint density at radius 3 is 2.89 bits per heavy atom. The molecule has 5 nitrogen and oxygen atoms in total. The zero-order valence-electron chi connectivity index (χ0n) is 10.7. The summed E-state index contributed by atoms with van der Waals surface area (Å²) >= 11 is 0. The van der Waals surface area contributed by atoms with Crippen molar-refractivity contribution >= 4 is 5.97 Å². The van der Waals surface area contributed by atoms with Crippen LogP contribution in [0.15, 0.2) is 24.5 Å². The van der Waals surface area contributed by atoms with E-state index < -0.39 is 5.97 Å². The molecule has 0 radical (unpaired) electrons. The summed E-state index contributed by atoms with van der Waals surface area (Å²) in [5.74, 6) is -0.878. The molecule has 2 heterocycles. The van der Waals surface area contributed by atoms with Crippen LogP contribution in [0.3, 0.4) is 0 Å². The number of nitrogens with zero attached hydrogens (tertiary/aromatic N) is 1. The van der Waals surface area contributed by atoms with Gasteiger partial charge in [-0.15, -0.1) is 0 Å². The van der Waals surface area contributed by atoms with Gasteiger partial charge in [-0.3, -0.25) is 15.1 Å². The first-order valence-corrected chi connectivity index (χ1v) is 6.72. The molecular formula is C14H18N2O3. The van der Waals surface area contributed by atoms with Gasteiger partial charge in [-0.2, -0.15) is 0 Å². The Kier molecular flexibility index (Phi) is 3.24. The van der Waals surface area contributed by atoms with E-state index in [1.54, 1.807) is 12.4 Å². The van der Waals surface area contributed by atoms with Gasteiger partial charge in [0.2, 0.25) is 0 Å². The number of aromatic nitrogens is 1. The van der Waals surface area contributed by atoms with Crippen LogP contribution in [0.25, 0.3) is 0 Å². The molecule has 2 aliphatic rings. The zero-order chi connectivity index (χ0) is 13.3. The Balaban J connectivity index is 1.65. The van der Waals surface area contributed by atoms with E-state index in [2.05, 4.69) is 10.3 Å². The summed E-state index contributed by atoms with van der Waals surface area (Å²) in [6, 6.07) is 3.89. The van der Waals surface area contributed by atoms with E-state index in [4.69, 9.17) is 9.84 Å². The first-order chi connectivity index (χ1) is 9.19. The number of rotatable bonds is 2. The average Bonchev–Trinajstić information content (AvgIpc) is 2.84. The quantitative estimate of drug-likeness (QED) is 0.849. The summed E-state index contributed by atoms with van der Waals surface area (Å²) in [5, 5.41) is 12.4. The lowest BCUT2D eigenvalue weighted by Crippen LogP contribution is -2.39. The Labute approximate surface area is 112 Å². The summed E-state index contributed by atoms with van der Waals surface area (Å²) in [5.41, 5.74) is 0.839. The fourth-order valence-corrected chi connectivity index (χ4v) is 3.01. The first kappa shape index (κ1) is 12.6. The Hall–Kier alpha value is -1.46. The number of hydrogen-bond acceptors (Lipinski definition) is 4. The number of pyridine rings is 1. The van der Waals surface area contributed by atoms with E-state index in [-0.39, 0.29) is 17.7 Å². The molecule has 1 saturated carbocycles. The van der Waals surface area contributed by atoms with E-state index in [1.165, 1.54) is 0 Å². The molecule has 1 aromatic heterocycles. The van der Waals surface area contributed by atoms with Crippen molar-refractivity contribution < 1.29 is 14.6 Å². The standard InChI is InChI=1S/C14H18N2O3/c17-13(18)10-3-5-14(6-4-10)9-16-12(19-14)11-2-1-7-15-8-11/h1-2,7-8,10,12,16H,3-6,9H2,(H,17,18). The molecule has 2 N–H and O–H groups in total. The van der Waals surface area contributed by atoms with Crippen LogP contribution in [0, 0.1) is 5.92 Å². The van der Waals surface area contributed by atoms with Gasteiger partial charge < -0.3 is 9.84 Å². The molecule has 1 spiro atoms. The van der Waals surface area contributed by atoms with Crippen molar-refractivity contribution in [1.29, 1.82) is 0 Å². The lowest BCUT2D eigenvalue weighted by Gasteiger charge is -2.34. The van der Waals surface area contributed by atoms with Gasteiger partial charge in [0.25, 0.3) is 0 Å². The molecule has 0 amide bonds. The van der Waals surface area contributed by atoms with Crippen molar-refractivity contribution in [3.63, 3.8) is 0 Å². The number of aliphatic carboxylic acids is 1. The lowest BCUT2D eigenvalue weighted by molar-refractivity contribution is -0.145. The monoisotopic (exact) mass is 262 g/mol. The summed E-state index contributed by atoms with van der Waals surface area (Å²) in [7, 11) is 0. The number of ether oxygens (including phenoxy) is 1. The predicted octanol–water partition coefficient (Wildman–Crippen LogP) is 1.71. The first-order valence-electron chi connectivity index (χ1n) is 6.72. The number of carboxylic acids is 1. The second-order valence-corrected chi connectivity index (χ2v) is 5.46. The van der Waals surface area contributed by atoms with Gasteiger partial charge in [0.05, 0.1) is 11.5 Å². The van der Waals surface area contributed by atoms with Crippen LogP contribution in [-0.2, 0) is 9.53 Å². The van der Waals surface area contributed by atoms with Crippen molar-refractivity contribution in [1.82, 2.24) is 10.3 Å². The molecule has 1 aliphatic carbocycles. The minimum absolute atomic E-state index is 0.116. The normalized spacial score (nSPS) is 34.5. The molecule has 1 atom stereocenters. The third kappa shape index (κ3) is 2.48. The molecule has 5 heteroatoms. The number of carbonyl (C=O) groups is 1. The van der Waals surface area contributed by atoms with Crippen molar-refractivity contribution in [2.24, 2.45) is 5.92 Å². The molecule has 2 fully saturated rings. The van der Waals surface area contributed by atoms with Crippen molar-refractivity contribution in [3.05, 3.63) is 30.1 Å². The molecule has 0 bridgehead atoms. The number of hydrogen-bond donors (Lipinski definition) is 2. The van der Waals surface area contributed by atoms with Gasteiger partial charge >= 0.3 is 5.97 Å². The van der Waals surface area contributed by atoms with Crippen LogP contribution in [0.1, 0.15) is 37.5 Å². The lowest BCUT2D eigenvalue weighted by atomic mass is 9.79. The van der Waals surface area contributed by atoms with Gasteiger partial charge in [-0.25, -0.2) is 0 Å².